The zero-order valence-corrected chi connectivity index (χ0v) is 11.2. The summed E-state index contributed by atoms with van der Waals surface area (Å²) in [6.45, 7) is 3.47. The Morgan fingerprint density at radius 3 is 2.53 bits per heavy atom. The lowest BCUT2D eigenvalue weighted by Gasteiger charge is -2.21. The predicted octanol–water partition coefficient (Wildman–Crippen LogP) is 2.08. The molecule has 3 N–H and O–H groups in total. The normalized spacial score (nSPS) is 12.1. The third-order valence-corrected chi connectivity index (χ3v) is 2.55. The average Bonchev–Trinajstić information content (AvgIpc) is 2.29. The second kappa shape index (κ2) is 6.38. The molecule has 0 heterocycles. The van der Waals surface area contributed by atoms with Gasteiger partial charge in [-0.05, 0) is 18.1 Å². The maximum absolute atomic E-state index is 13.0. The number of nitrogens with one attached hydrogen (secondary N) is 1. The molecule has 0 aliphatic heterocycles. The van der Waals surface area contributed by atoms with Crippen molar-refractivity contribution in [3.05, 3.63) is 29.0 Å². The quantitative estimate of drug-likeness (QED) is 0.890. The van der Waals surface area contributed by atoms with E-state index in [0.717, 1.165) is 6.07 Å². The van der Waals surface area contributed by atoms with Crippen LogP contribution in [0.25, 0.3) is 0 Å². The summed E-state index contributed by atoms with van der Waals surface area (Å²) >= 11 is 5.61. The van der Waals surface area contributed by atoms with Crippen LogP contribution in [0.2, 0.25) is 5.02 Å². The molecule has 0 spiro atoms. The predicted molar refractivity (Wildman–Crippen MR) is 68.4 cm³/mol. The Labute approximate surface area is 114 Å². The lowest BCUT2D eigenvalue weighted by Crippen LogP contribution is -2.46. The molecular weight excluding hydrogens is 275 g/mol. The van der Waals surface area contributed by atoms with Crippen LogP contribution < -0.4 is 15.8 Å². The Kier molecular flexibility index (Phi) is 5.11. The van der Waals surface area contributed by atoms with Gasteiger partial charge in [0.25, 0.3) is 5.91 Å². The molecule has 1 aromatic rings. The molecule has 0 radical (unpaired) electrons. The van der Waals surface area contributed by atoms with Gasteiger partial charge in [-0.25, -0.2) is 9.18 Å². The van der Waals surface area contributed by atoms with E-state index in [2.05, 4.69) is 0 Å². The average molecular weight is 289 g/mol. The summed E-state index contributed by atoms with van der Waals surface area (Å²) in [5.41, 5.74) is 4.87. The van der Waals surface area contributed by atoms with Gasteiger partial charge in [-0.2, -0.15) is 0 Å². The summed E-state index contributed by atoms with van der Waals surface area (Å²) in [5, 5.41) is 1.82. The zero-order valence-electron chi connectivity index (χ0n) is 10.4. The fourth-order valence-electron chi connectivity index (χ4n) is 1.38. The van der Waals surface area contributed by atoms with Gasteiger partial charge in [-0.1, -0.05) is 25.4 Å². The Balaban J connectivity index is 2.86. The van der Waals surface area contributed by atoms with Crippen molar-refractivity contribution < 1.29 is 18.7 Å². The van der Waals surface area contributed by atoms with Crippen LogP contribution in [0.3, 0.4) is 0 Å². The highest BCUT2D eigenvalue weighted by atomic mass is 35.5. The fraction of sp³-hybridized carbons (Fsp3) is 0.333. The smallest absolute Gasteiger partial charge is 0.318 e. The van der Waals surface area contributed by atoms with E-state index in [9.17, 15) is 14.0 Å². The van der Waals surface area contributed by atoms with Crippen molar-refractivity contribution in [2.24, 2.45) is 11.7 Å². The van der Waals surface area contributed by atoms with Crippen molar-refractivity contribution in [3.63, 3.8) is 0 Å². The van der Waals surface area contributed by atoms with Gasteiger partial charge in [0.15, 0.2) is 6.10 Å². The van der Waals surface area contributed by atoms with Crippen LogP contribution in [0, 0.1) is 11.7 Å². The molecule has 1 aromatic carbocycles. The molecule has 7 heteroatoms. The van der Waals surface area contributed by atoms with Crippen LogP contribution in [0.4, 0.5) is 9.18 Å². The van der Waals surface area contributed by atoms with Gasteiger partial charge in [-0.3, -0.25) is 10.1 Å². The Bertz CT molecular complexity index is 494. The van der Waals surface area contributed by atoms with E-state index >= 15 is 0 Å². The molecule has 1 atom stereocenters. The Hall–Kier alpha value is -1.82. The number of carbonyl (C=O) groups excluding carboxylic acids is 2. The highest BCUT2D eigenvalue weighted by Crippen LogP contribution is 2.23. The third kappa shape index (κ3) is 4.40. The maximum atomic E-state index is 13.0. The first-order valence-corrected chi connectivity index (χ1v) is 5.91. The minimum Gasteiger partial charge on any atom is -0.480 e. The van der Waals surface area contributed by atoms with Crippen LogP contribution >= 0.6 is 11.6 Å². The monoisotopic (exact) mass is 288 g/mol. The molecule has 104 valence electrons. The largest absolute Gasteiger partial charge is 0.480 e. The molecule has 0 aliphatic rings. The van der Waals surface area contributed by atoms with Crippen molar-refractivity contribution >= 4 is 23.5 Å². The van der Waals surface area contributed by atoms with Crippen LogP contribution in [0.5, 0.6) is 5.75 Å². The second-order valence-electron chi connectivity index (χ2n) is 4.21. The van der Waals surface area contributed by atoms with Gasteiger partial charge >= 0.3 is 6.03 Å². The summed E-state index contributed by atoms with van der Waals surface area (Å²) in [6.07, 6.45) is -0.936. The number of benzene rings is 1. The molecule has 0 fully saturated rings. The van der Waals surface area contributed by atoms with Gasteiger partial charge in [0.2, 0.25) is 0 Å². The van der Waals surface area contributed by atoms with Crippen LogP contribution in [-0.4, -0.2) is 18.0 Å². The number of ether oxygens (including phenoxy) is 1. The van der Waals surface area contributed by atoms with Crippen molar-refractivity contribution in [1.29, 1.82) is 0 Å². The van der Waals surface area contributed by atoms with Gasteiger partial charge in [-0.15, -0.1) is 0 Å². The number of rotatable bonds is 4. The molecule has 0 aliphatic carbocycles. The maximum Gasteiger partial charge on any atom is 0.318 e. The van der Waals surface area contributed by atoms with Gasteiger partial charge in [0.1, 0.15) is 11.6 Å². The number of halogens is 2. The number of imide groups is 1. The van der Waals surface area contributed by atoms with Crippen LogP contribution in [0.15, 0.2) is 18.2 Å². The zero-order chi connectivity index (χ0) is 14.6. The molecule has 0 saturated carbocycles. The molecule has 0 unspecified atom stereocenters. The van der Waals surface area contributed by atoms with Crippen molar-refractivity contribution in [1.82, 2.24) is 5.32 Å². The lowest BCUT2D eigenvalue weighted by atomic mass is 10.1. The van der Waals surface area contributed by atoms with Crippen molar-refractivity contribution in [3.8, 4) is 5.75 Å². The third-order valence-electron chi connectivity index (χ3n) is 2.26. The van der Waals surface area contributed by atoms with E-state index in [0.29, 0.717) is 0 Å². The molecule has 5 nitrogen and oxygen atoms in total. The summed E-state index contributed by atoms with van der Waals surface area (Å²) < 4.78 is 18.4. The minimum absolute atomic E-state index is 0.115. The number of amides is 3. The fourth-order valence-corrected chi connectivity index (χ4v) is 1.55. The SMILES string of the molecule is CC(C)[C@@H](Oc1ccc(F)c(Cl)c1)C(=O)NC(N)=O. The lowest BCUT2D eigenvalue weighted by molar-refractivity contribution is -0.128. The molecule has 0 aromatic heterocycles. The summed E-state index contributed by atoms with van der Waals surface area (Å²) in [5.74, 6) is -1.24. The number of hydrogen-bond acceptors (Lipinski definition) is 3. The number of hydrogen-bond donors (Lipinski definition) is 2. The number of urea groups is 1. The highest BCUT2D eigenvalue weighted by Gasteiger charge is 2.25. The number of nitrogens with two attached hydrogens (primary N) is 1. The minimum atomic E-state index is -0.962. The van der Waals surface area contributed by atoms with Gasteiger partial charge in [0.05, 0.1) is 5.02 Å². The summed E-state index contributed by atoms with van der Waals surface area (Å²) in [6, 6.07) is 2.76. The molecule has 3 amide bonds. The second-order valence-corrected chi connectivity index (χ2v) is 4.62. The van der Waals surface area contributed by atoms with Crippen LogP contribution in [0.1, 0.15) is 13.8 Å². The summed E-state index contributed by atoms with van der Waals surface area (Å²) in [7, 11) is 0. The van der Waals surface area contributed by atoms with Crippen LogP contribution in [-0.2, 0) is 4.79 Å². The first-order chi connectivity index (χ1) is 8.81. The molecular formula is C12H14ClFN2O3. The van der Waals surface area contributed by atoms with E-state index in [1.54, 1.807) is 13.8 Å². The van der Waals surface area contributed by atoms with E-state index in [4.69, 9.17) is 22.1 Å². The van der Waals surface area contributed by atoms with Crippen molar-refractivity contribution in [2.75, 3.05) is 0 Å². The van der Waals surface area contributed by atoms with E-state index in [1.165, 1.54) is 12.1 Å². The highest BCUT2D eigenvalue weighted by molar-refractivity contribution is 6.30. The Morgan fingerprint density at radius 2 is 2.05 bits per heavy atom. The molecule has 0 saturated heterocycles. The molecule has 1 rings (SSSR count). The standard InChI is InChI=1S/C12H14ClFN2O3/c1-6(2)10(11(17)16-12(15)18)19-7-3-4-9(14)8(13)5-7/h3-6,10H,1-2H3,(H3,15,16,17,18)/t10-/m1/s1. The molecule has 19 heavy (non-hydrogen) atoms. The van der Waals surface area contributed by atoms with Gasteiger partial charge < -0.3 is 10.5 Å². The molecule has 0 bridgehead atoms. The number of primary amides is 1. The topological polar surface area (TPSA) is 81.4 Å². The van der Waals surface area contributed by atoms with E-state index in [-0.39, 0.29) is 16.7 Å². The Morgan fingerprint density at radius 1 is 1.42 bits per heavy atom. The first kappa shape index (κ1) is 15.2. The summed E-state index contributed by atoms with van der Waals surface area (Å²) in [4.78, 5) is 22.4. The first-order valence-electron chi connectivity index (χ1n) is 5.53. The van der Waals surface area contributed by atoms with Crippen molar-refractivity contribution in [2.45, 2.75) is 20.0 Å². The number of carbonyl (C=O) groups is 2. The van der Waals surface area contributed by atoms with E-state index < -0.39 is 23.9 Å². The van der Waals surface area contributed by atoms with E-state index in [1.807, 2.05) is 5.32 Å². The van der Waals surface area contributed by atoms with Gasteiger partial charge in [0, 0.05) is 6.07 Å².